The summed E-state index contributed by atoms with van der Waals surface area (Å²) in [6.45, 7) is 7.94. The van der Waals surface area contributed by atoms with Gasteiger partial charge in [-0.1, -0.05) is 25.2 Å². The van der Waals surface area contributed by atoms with Gasteiger partial charge in [0.2, 0.25) is 0 Å². The fraction of sp³-hybridized carbons (Fsp3) is 0.667. The molecule has 0 radical (unpaired) electrons. The first kappa shape index (κ1) is 12.4. The highest BCUT2D eigenvalue weighted by Crippen LogP contribution is 2.26. The number of anilines is 1. The molecule has 1 aromatic rings. The number of nitrogen functional groups attached to an aromatic ring is 1. The molecule has 0 bridgehead atoms. The zero-order valence-corrected chi connectivity index (χ0v) is 11.4. The van der Waals surface area contributed by atoms with E-state index in [9.17, 15) is 4.79 Å². The lowest BCUT2D eigenvalue weighted by Gasteiger charge is -2.34. The molecule has 94 valence electrons. The van der Waals surface area contributed by atoms with Gasteiger partial charge in [-0.2, -0.15) is 0 Å². The first-order chi connectivity index (χ1) is 7.97. The van der Waals surface area contributed by atoms with E-state index < -0.39 is 0 Å². The maximum absolute atomic E-state index is 12.4. The molecule has 1 aromatic heterocycles. The van der Waals surface area contributed by atoms with Gasteiger partial charge in [-0.05, 0) is 25.2 Å². The van der Waals surface area contributed by atoms with Gasteiger partial charge >= 0.3 is 0 Å². The zero-order chi connectivity index (χ0) is 12.6. The van der Waals surface area contributed by atoms with Crippen LogP contribution in [0.2, 0.25) is 0 Å². The molecule has 2 heterocycles. The predicted molar refractivity (Wildman–Crippen MR) is 70.1 cm³/mol. The number of nitrogens with zero attached hydrogens (tertiary/aromatic N) is 2. The van der Waals surface area contributed by atoms with E-state index in [1.54, 1.807) is 0 Å². The summed E-state index contributed by atoms with van der Waals surface area (Å²) in [5.74, 6) is 1.25. The molecule has 1 aliphatic rings. The lowest BCUT2D eigenvalue weighted by Crippen LogP contribution is -2.42. The number of carbonyl (C=O) groups is 1. The molecule has 1 aliphatic heterocycles. The van der Waals surface area contributed by atoms with Crippen molar-refractivity contribution in [3.63, 3.8) is 0 Å². The van der Waals surface area contributed by atoms with Gasteiger partial charge in [-0.3, -0.25) is 4.79 Å². The van der Waals surface area contributed by atoms with Crippen LogP contribution >= 0.6 is 11.3 Å². The van der Waals surface area contributed by atoms with Crippen molar-refractivity contribution in [2.24, 2.45) is 11.8 Å². The summed E-state index contributed by atoms with van der Waals surface area (Å²) in [5.41, 5.74) is 6.39. The van der Waals surface area contributed by atoms with E-state index in [0.717, 1.165) is 18.8 Å². The van der Waals surface area contributed by atoms with Gasteiger partial charge in [0.25, 0.3) is 5.91 Å². The highest BCUT2D eigenvalue weighted by molar-refractivity contribution is 7.17. The van der Waals surface area contributed by atoms with Crippen LogP contribution in [0.15, 0.2) is 0 Å². The van der Waals surface area contributed by atoms with Gasteiger partial charge in [0, 0.05) is 13.1 Å². The minimum atomic E-state index is 0.0927. The van der Waals surface area contributed by atoms with Crippen molar-refractivity contribution in [2.45, 2.75) is 27.2 Å². The normalized spacial score (nSPS) is 25.0. The van der Waals surface area contributed by atoms with E-state index in [1.807, 2.05) is 11.8 Å². The summed E-state index contributed by atoms with van der Waals surface area (Å²) in [7, 11) is 0. The Kier molecular flexibility index (Phi) is 3.38. The Balaban J connectivity index is 2.17. The summed E-state index contributed by atoms with van der Waals surface area (Å²) in [4.78, 5) is 19.1. The predicted octanol–water partition coefficient (Wildman–Crippen LogP) is 2.15. The number of carbonyl (C=O) groups excluding carboxylic acids is 1. The minimum Gasteiger partial charge on any atom is -0.375 e. The molecule has 1 amide bonds. The maximum Gasteiger partial charge on any atom is 0.265 e. The summed E-state index contributed by atoms with van der Waals surface area (Å²) < 4.78 is 0. The second kappa shape index (κ2) is 4.64. The molecule has 2 rings (SSSR count). The Hall–Kier alpha value is -1.10. The largest absolute Gasteiger partial charge is 0.375 e. The van der Waals surface area contributed by atoms with Crippen LogP contribution in [0.1, 0.15) is 35.6 Å². The Labute approximate surface area is 106 Å². The average Bonchev–Trinajstić information content (AvgIpc) is 2.55. The first-order valence-corrected chi connectivity index (χ1v) is 6.81. The zero-order valence-electron chi connectivity index (χ0n) is 10.6. The number of thiazole rings is 1. The Morgan fingerprint density at radius 2 is 2.00 bits per heavy atom. The third-order valence-corrected chi connectivity index (χ3v) is 4.14. The molecule has 0 aliphatic carbocycles. The van der Waals surface area contributed by atoms with Gasteiger partial charge in [0.1, 0.15) is 4.88 Å². The van der Waals surface area contributed by atoms with Crippen LogP contribution in [0.4, 0.5) is 5.13 Å². The molecule has 2 atom stereocenters. The molecule has 17 heavy (non-hydrogen) atoms. The van der Waals surface area contributed by atoms with Gasteiger partial charge in [-0.25, -0.2) is 4.98 Å². The van der Waals surface area contributed by atoms with Crippen molar-refractivity contribution >= 4 is 22.4 Å². The van der Waals surface area contributed by atoms with Crippen LogP contribution in [0.25, 0.3) is 0 Å². The van der Waals surface area contributed by atoms with Crippen LogP contribution in [-0.2, 0) is 0 Å². The third-order valence-electron chi connectivity index (χ3n) is 3.16. The Morgan fingerprint density at radius 1 is 1.41 bits per heavy atom. The molecular formula is C12H19N3OS. The lowest BCUT2D eigenvalue weighted by atomic mass is 9.92. The van der Waals surface area contributed by atoms with E-state index in [-0.39, 0.29) is 5.91 Å². The number of hydrogen-bond donors (Lipinski definition) is 1. The van der Waals surface area contributed by atoms with Crippen LogP contribution < -0.4 is 5.73 Å². The van der Waals surface area contributed by atoms with Gasteiger partial charge in [0.15, 0.2) is 5.13 Å². The number of aryl methyl sites for hydroxylation is 1. The minimum absolute atomic E-state index is 0.0927. The van der Waals surface area contributed by atoms with Crippen molar-refractivity contribution in [3.05, 3.63) is 10.6 Å². The molecule has 5 heteroatoms. The second-order valence-electron chi connectivity index (χ2n) is 5.12. The third kappa shape index (κ3) is 2.60. The fourth-order valence-corrected chi connectivity index (χ4v) is 3.39. The molecule has 0 saturated carbocycles. The molecule has 2 N–H and O–H groups in total. The number of likely N-dealkylation sites (tertiary alicyclic amines) is 1. The standard InChI is InChI=1S/C12H19N3OS/c1-7-4-8(2)6-15(5-7)11(16)10-9(3)14-12(13)17-10/h7-8H,4-6H2,1-3H3,(H2,13,14). The number of piperidine rings is 1. The molecule has 4 nitrogen and oxygen atoms in total. The van der Waals surface area contributed by atoms with E-state index in [1.165, 1.54) is 17.8 Å². The van der Waals surface area contributed by atoms with Crippen LogP contribution in [0, 0.1) is 18.8 Å². The van der Waals surface area contributed by atoms with Crippen molar-refractivity contribution in [1.82, 2.24) is 9.88 Å². The molecular weight excluding hydrogens is 234 g/mol. The molecule has 1 fully saturated rings. The molecule has 0 spiro atoms. The monoisotopic (exact) mass is 253 g/mol. The lowest BCUT2D eigenvalue weighted by molar-refractivity contribution is 0.0627. The van der Waals surface area contributed by atoms with Crippen molar-refractivity contribution in [1.29, 1.82) is 0 Å². The first-order valence-electron chi connectivity index (χ1n) is 5.99. The quantitative estimate of drug-likeness (QED) is 0.834. The highest BCUT2D eigenvalue weighted by atomic mass is 32.1. The van der Waals surface area contributed by atoms with Crippen LogP contribution in [0.3, 0.4) is 0 Å². The number of amides is 1. The van der Waals surface area contributed by atoms with Crippen LogP contribution in [-0.4, -0.2) is 28.9 Å². The molecule has 2 unspecified atom stereocenters. The van der Waals surface area contributed by atoms with Gasteiger partial charge < -0.3 is 10.6 Å². The van der Waals surface area contributed by atoms with Crippen molar-refractivity contribution in [2.75, 3.05) is 18.8 Å². The second-order valence-corrected chi connectivity index (χ2v) is 6.15. The van der Waals surface area contributed by atoms with Gasteiger partial charge in [-0.15, -0.1) is 0 Å². The summed E-state index contributed by atoms with van der Waals surface area (Å²) in [6, 6.07) is 0. The summed E-state index contributed by atoms with van der Waals surface area (Å²) in [6.07, 6.45) is 1.20. The average molecular weight is 253 g/mol. The smallest absolute Gasteiger partial charge is 0.265 e. The number of nitrogens with two attached hydrogens (primary N) is 1. The van der Waals surface area contributed by atoms with E-state index in [2.05, 4.69) is 18.8 Å². The molecule has 0 aromatic carbocycles. The number of aromatic nitrogens is 1. The van der Waals surface area contributed by atoms with Crippen molar-refractivity contribution < 1.29 is 4.79 Å². The topological polar surface area (TPSA) is 59.2 Å². The van der Waals surface area contributed by atoms with E-state index in [0.29, 0.717) is 21.8 Å². The van der Waals surface area contributed by atoms with Crippen molar-refractivity contribution in [3.8, 4) is 0 Å². The number of rotatable bonds is 1. The maximum atomic E-state index is 12.4. The Morgan fingerprint density at radius 3 is 2.47 bits per heavy atom. The van der Waals surface area contributed by atoms with E-state index >= 15 is 0 Å². The molecule has 1 saturated heterocycles. The number of hydrogen-bond acceptors (Lipinski definition) is 4. The fourth-order valence-electron chi connectivity index (χ4n) is 2.59. The summed E-state index contributed by atoms with van der Waals surface area (Å²) in [5, 5.41) is 0.476. The Bertz CT molecular complexity index is 419. The van der Waals surface area contributed by atoms with Gasteiger partial charge in [0.05, 0.1) is 5.69 Å². The highest BCUT2D eigenvalue weighted by Gasteiger charge is 2.28. The van der Waals surface area contributed by atoms with Crippen LogP contribution in [0.5, 0.6) is 0 Å². The SMILES string of the molecule is Cc1nc(N)sc1C(=O)N1CC(C)CC(C)C1. The summed E-state index contributed by atoms with van der Waals surface area (Å²) >= 11 is 1.29. The van der Waals surface area contributed by atoms with E-state index in [4.69, 9.17) is 5.73 Å².